The molecule has 132 valence electrons. The first-order valence-electron chi connectivity index (χ1n) is 5.95. The Bertz CT molecular complexity index is 278. The van der Waals surface area contributed by atoms with Gasteiger partial charge in [0.25, 0.3) is 6.47 Å². The molecule has 0 saturated carbocycles. The van der Waals surface area contributed by atoms with Gasteiger partial charge >= 0.3 is 63.3 Å². The Hall–Kier alpha value is 0.626. The minimum absolute atomic E-state index is 0. The van der Waals surface area contributed by atoms with E-state index in [9.17, 15) is 9.59 Å². The summed E-state index contributed by atoms with van der Waals surface area (Å²) in [5.41, 5.74) is 10.4. The number of rotatable bonds is 9. The van der Waals surface area contributed by atoms with Crippen molar-refractivity contribution in [3.63, 3.8) is 0 Å². The van der Waals surface area contributed by atoms with E-state index in [1.165, 1.54) is 0 Å². The molecule has 0 aromatic carbocycles. The predicted molar refractivity (Wildman–Crippen MR) is 84.4 cm³/mol. The summed E-state index contributed by atoms with van der Waals surface area (Å²) < 4.78 is 0. The summed E-state index contributed by atoms with van der Waals surface area (Å²) in [4.78, 5) is 31.4. The monoisotopic (exact) mass is 398 g/mol. The van der Waals surface area contributed by atoms with Crippen molar-refractivity contribution in [1.29, 1.82) is 0 Å². The van der Waals surface area contributed by atoms with Crippen LogP contribution in [0.5, 0.6) is 0 Å². The molecule has 0 aliphatic heterocycles. The summed E-state index contributed by atoms with van der Waals surface area (Å²) in [6.07, 6.45) is 4.95. The van der Waals surface area contributed by atoms with E-state index in [1.54, 1.807) is 23.5 Å². The molecule has 12 heteroatoms. The van der Waals surface area contributed by atoms with E-state index >= 15 is 0 Å². The van der Waals surface area contributed by atoms with E-state index in [0.29, 0.717) is 12.8 Å². The Morgan fingerprint density at radius 3 is 1.48 bits per heavy atom. The molecule has 0 saturated heterocycles. The predicted octanol–water partition coefficient (Wildman–Crippen LogP) is -4.26. The van der Waals surface area contributed by atoms with Crippen LogP contribution >= 0.6 is 23.5 Å². The third-order valence-electron chi connectivity index (χ3n) is 1.94. The van der Waals surface area contributed by atoms with Crippen molar-refractivity contribution in [1.82, 2.24) is 0 Å². The number of nitrogens with two attached hydrogens (primary N) is 2. The quantitative estimate of drug-likeness (QED) is 0.128. The van der Waals surface area contributed by atoms with Crippen molar-refractivity contribution >= 4 is 41.9 Å². The number of carbonyl (C=O) groups is 3. The Kier molecular flexibility index (Phi) is 34.0. The average molecular weight is 399 g/mol. The van der Waals surface area contributed by atoms with Gasteiger partial charge in [-0.1, -0.05) is 0 Å². The number of carboxylic acids is 2. The summed E-state index contributed by atoms with van der Waals surface area (Å²) in [5, 5.41) is 25.0. The van der Waals surface area contributed by atoms with Gasteiger partial charge in [-0.3, -0.25) is 14.4 Å². The van der Waals surface area contributed by atoms with Crippen LogP contribution in [0.3, 0.4) is 0 Å². The standard InChI is InChI=1S/2C5H11NO2S.CH2O3.K/c2*1-9-3-2-4(6)5(7)8;2-1-4-3;/h2*4H,2-3,6H2,1H3,(H,7,8);1,3H;/q;;;+1/p-1. The van der Waals surface area contributed by atoms with E-state index < -0.39 is 24.0 Å². The Morgan fingerprint density at radius 1 is 1.09 bits per heavy atom. The molecule has 23 heavy (non-hydrogen) atoms. The molecule has 0 spiro atoms. The van der Waals surface area contributed by atoms with Gasteiger partial charge in [0.05, 0.1) is 0 Å². The van der Waals surface area contributed by atoms with Crippen molar-refractivity contribution in [3.8, 4) is 0 Å². The van der Waals surface area contributed by atoms with Crippen LogP contribution in [0.25, 0.3) is 0 Å². The van der Waals surface area contributed by atoms with Crippen LogP contribution in [0.2, 0.25) is 0 Å². The summed E-state index contributed by atoms with van der Waals surface area (Å²) in [5.74, 6) is -0.200. The topological polar surface area (TPSA) is 176 Å². The third-order valence-corrected chi connectivity index (χ3v) is 3.23. The maximum atomic E-state index is 10.1. The molecule has 2 atom stereocenters. The van der Waals surface area contributed by atoms with E-state index in [-0.39, 0.29) is 57.9 Å². The largest absolute Gasteiger partial charge is 1.00 e. The fourth-order valence-corrected chi connectivity index (χ4v) is 1.72. The van der Waals surface area contributed by atoms with E-state index in [1.807, 2.05) is 12.5 Å². The average Bonchev–Trinajstić information content (AvgIpc) is 2.50. The number of hydrogen-bond acceptors (Lipinski definition) is 9. The zero-order valence-electron chi connectivity index (χ0n) is 13.5. The van der Waals surface area contributed by atoms with E-state index in [0.717, 1.165) is 11.5 Å². The van der Waals surface area contributed by atoms with Crippen molar-refractivity contribution in [2.24, 2.45) is 11.5 Å². The first-order chi connectivity index (χ1) is 10.3. The van der Waals surface area contributed by atoms with Crippen LogP contribution < -0.4 is 68.1 Å². The minimum Gasteiger partial charge on any atom is -0.662 e. The maximum Gasteiger partial charge on any atom is 1.00 e. The van der Waals surface area contributed by atoms with Gasteiger partial charge < -0.3 is 31.8 Å². The smallest absolute Gasteiger partial charge is 0.662 e. The van der Waals surface area contributed by atoms with Gasteiger partial charge in [-0.05, 0) is 36.9 Å². The molecule has 0 aliphatic rings. The third kappa shape index (κ3) is 31.0. The minimum atomic E-state index is -0.913. The van der Waals surface area contributed by atoms with Crippen LogP contribution in [-0.4, -0.2) is 64.7 Å². The summed E-state index contributed by atoms with van der Waals surface area (Å²) >= 11 is 3.21. The Balaban J connectivity index is -0.000000124. The molecular weight excluding hydrogens is 375 g/mol. The summed E-state index contributed by atoms with van der Waals surface area (Å²) in [7, 11) is 0. The maximum absolute atomic E-state index is 10.1. The first kappa shape index (κ1) is 31.4. The van der Waals surface area contributed by atoms with Crippen molar-refractivity contribution in [2.45, 2.75) is 24.9 Å². The number of carboxylic acid groups (broad SMARTS) is 2. The zero-order chi connectivity index (χ0) is 18.0. The molecule has 0 rings (SSSR count). The molecule has 0 amide bonds. The van der Waals surface area contributed by atoms with Crippen molar-refractivity contribution < 1.29 is 86.1 Å². The van der Waals surface area contributed by atoms with E-state index in [2.05, 4.69) is 4.89 Å². The molecule has 6 N–H and O–H groups in total. The van der Waals surface area contributed by atoms with Crippen molar-refractivity contribution in [2.75, 3.05) is 24.0 Å². The Labute approximate surface area is 186 Å². The second-order valence-corrected chi connectivity index (χ2v) is 5.62. The van der Waals surface area contributed by atoms with Gasteiger partial charge in [0, 0.05) is 0 Å². The molecule has 0 radical (unpaired) electrons. The van der Waals surface area contributed by atoms with Gasteiger partial charge in [-0.25, -0.2) is 0 Å². The second kappa shape index (κ2) is 24.9. The van der Waals surface area contributed by atoms with Crippen LogP contribution in [0.15, 0.2) is 0 Å². The molecule has 0 heterocycles. The molecule has 2 unspecified atom stereocenters. The van der Waals surface area contributed by atoms with Gasteiger partial charge in [-0.2, -0.15) is 23.5 Å². The number of carbonyl (C=O) groups excluding carboxylic acids is 1. The van der Waals surface area contributed by atoms with Gasteiger partial charge in [-0.15, -0.1) is 0 Å². The SMILES string of the molecule is CSCCC(N)C(=O)O.CSCCC(N)C(=O)O.O=CO[O-].[K+]. The van der Waals surface area contributed by atoms with Gasteiger partial charge in [0.15, 0.2) is 0 Å². The molecule has 9 nitrogen and oxygen atoms in total. The fraction of sp³-hybridized carbons (Fsp3) is 0.727. The summed E-state index contributed by atoms with van der Waals surface area (Å²) in [6.45, 7) is -0.181. The number of thioether (sulfide) groups is 2. The molecule has 0 fully saturated rings. The zero-order valence-corrected chi connectivity index (χ0v) is 18.2. The van der Waals surface area contributed by atoms with E-state index in [4.69, 9.17) is 31.7 Å². The van der Waals surface area contributed by atoms with Gasteiger partial charge in [0.1, 0.15) is 12.1 Å². The first-order valence-corrected chi connectivity index (χ1v) is 8.74. The van der Waals surface area contributed by atoms with Crippen LogP contribution in [0.4, 0.5) is 0 Å². The normalized spacial score (nSPS) is 11.2. The molecule has 0 aromatic heterocycles. The van der Waals surface area contributed by atoms with Crippen LogP contribution in [0, 0.1) is 0 Å². The second-order valence-electron chi connectivity index (χ2n) is 3.64. The van der Waals surface area contributed by atoms with Crippen LogP contribution in [-0.2, 0) is 19.3 Å². The van der Waals surface area contributed by atoms with Crippen LogP contribution in [0.1, 0.15) is 12.8 Å². The summed E-state index contributed by atoms with van der Waals surface area (Å²) in [6, 6.07) is -1.37. The fourth-order valence-electron chi connectivity index (χ4n) is 0.737. The van der Waals surface area contributed by atoms with Gasteiger partial charge in [0.2, 0.25) is 0 Å². The molecule has 0 bridgehead atoms. The molecular formula is C11H23KN2O7S2. The molecule has 0 aromatic rings. The molecule has 0 aliphatic carbocycles. The van der Waals surface area contributed by atoms with Crippen molar-refractivity contribution in [3.05, 3.63) is 0 Å². The Morgan fingerprint density at radius 2 is 1.35 bits per heavy atom. The number of aliphatic carboxylic acids is 2. The number of hydrogen-bond donors (Lipinski definition) is 4.